The Balaban J connectivity index is 1.79. The van der Waals surface area contributed by atoms with Crippen molar-refractivity contribution in [3.05, 3.63) is 70.8 Å². The van der Waals surface area contributed by atoms with Crippen molar-refractivity contribution in [1.29, 1.82) is 0 Å². The summed E-state index contributed by atoms with van der Waals surface area (Å²) in [6, 6.07) is 16.5. The summed E-state index contributed by atoms with van der Waals surface area (Å²) in [6.45, 7) is 11.5. The lowest BCUT2D eigenvalue weighted by molar-refractivity contribution is -0.940. The van der Waals surface area contributed by atoms with Gasteiger partial charge in [0.15, 0.2) is 5.78 Å². The third kappa shape index (κ3) is 6.52. The molecule has 0 amide bonds. The van der Waals surface area contributed by atoms with Crippen LogP contribution in [0.25, 0.3) is 0 Å². The molecule has 4 heteroatoms. The van der Waals surface area contributed by atoms with Crippen molar-refractivity contribution >= 4 is 11.8 Å². The van der Waals surface area contributed by atoms with Crippen molar-refractivity contribution in [2.24, 2.45) is 11.8 Å². The van der Waals surface area contributed by atoms with Gasteiger partial charge in [0, 0.05) is 12.0 Å². The van der Waals surface area contributed by atoms with E-state index in [1.807, 2.05) is 24.3 Å². The molecule has 0 radical (unpaired) electrons. The van der Waals surface area contributed by atoms with E-state index < -0.39 is 0 Å². The van der Waals surface area contributed by atoms with E-state index in [1.54, 1.807) is 0 Å². The number of hydrogen-bond acceptors (Lipinski definition) is 3. The summed E-state index contributed by atoms with van der Waals surface area (Å²) in [7, 11) is 0. The molecular weight excluding hydrogens is 398 g/mol. The van der Waals surface area contributed by atoms with Crippen LogP contribution in [0.1, 0.15) is 48.9 Å². The Morgan fingerprint density at radius 2 is 1.72 bits per heavy atom. The predicted octanol–water partition coefficient (Wildman–Crippen LogP) is 5.04. The largest absolute Gasteiger partial charge is 0.465 e. The quantitative estimate of drug-likeness (QED) is 0.408. The maximum atomic E-state index is 13.3. The second kappa shape index (κ2) is 10.9. The number of aryl methyl sites for hydroxylation is 2. The number of benzene rings is 2. The van der Waals surface area contributed by atoms with Crippen molar-refractivity contribution in [2.75, 3.05) is 26.2 Å². The highest BCUT2D eigenvalue weighted by Gasteiger charge is 2.40. The molecule has 4 nitrogen and oxygen atoms in total. The van der Waals surface area contributed by atoms with E-state index in [1.165, 1.54) is 16.7 Å². The lowest BCUT2D eigenvalue weighted by Crippen LogP contribution is -2.57. The van der Waals surface area contributed by atoms with Gasteiger partial charge in [-0.05, 0) is 49.3 Å². The van der Waals surface area contributed by atoms with Crippen LogP contribution in [0.4, 0.5) is 0 Å². The third-order valence-electron chi connectivity index (χ3n) is 6.58. The zero-order valence-corrected chi connectivity index (χ0v) is 20.1. The Hall–Kier alpha value is -2.46. The summed E-state index contributed by atoms with van der Waals surface area (Å²) in [5.74, 6) is 0.329. The fourth-order valence-electron chi connectivity index (χ4n) is 4.95. The monoisotopic (exact) mass is 436 g/mol. The molecule has 1 saturated heterocycles. The van der Waals surface area contributed by atoms with Gasteiger partial charge < -0.3 is 9.22 Å². The van der Waals surface area contributed by atoms with Crippen molar-refractivity contribution in [3.63, 3.8) is 0 Å². The highest BCUT2D eigenvalue weighted by Crippen LogP contribution is 2.28. The van der Waals surface area contributed by atoms with Crippen LogP contribution in [0.5, 0.6) is 0 Å². The molecule has 1 aliphatic heterocycles. The fourth-order valence-corrected chi connectivity index (χ4v) is 4.95. The average molecular weight is 437 g/mol. The number of ether oxygens (including phenoxy) is 1. The number of rotatable bonds is 9. The second-order valence-corrected chi connectivity index (χ2v) is 10.00. The van der Waals surface area contributed by atoms with E-state index in [0.717, 1.165) is 31.5 Å². The number of carbonyl (C=O) groups excluding carboxylic acids is 2. The van der Waals surface area contributed by atoms with E-state index in [-0.39, 0.29) is 17.7 Å². The van der Waals surface area contributed by atoms with Crippen LogP contribution in [0.15, 0.2) is 48.5 Å². The summed E-state index contributed by atoms with van der Waals surface area (Å²) in [6.07, 6.45) is 2.23. The van der Waals surface area contributed by atoms with Crippen LogP contribution in [-0.2, 0) is 27.3 Å². The van der Waals surface area contributed by atoms with Crippen molar-refractivity contribution in [2.45, 2.75) is 53.5 Å². The Bertz CT molecular complexity index is 901. The lowest BCUT2D eigenvalue weighted by Gasteiger charge is -2.43. The van der Waals surface area contributed by atoms with Gasteiger partial charge in [-0.25, -0.2) is 0 Å². The van der Waals surface area contributed by atoms with Gasteiger partial charge in [0.2, 0.25) is 0 Å². The number of hydrogen-bond donors (Lipinski definition) is 0. The van der Waals surface area contributed by atoms with Gasteiger partial charge >= 0.3 is 5.97 Å². The first kappa shape index (κ1) is 24.2. The number of esters is 1. The minimum atomic E-state index is -0.140. The first-order valence-electron chi connectivity index (χ1n) is 11.9. The van der Waals surface area contributed by atoms with E-state index in [0.29, 0.717) is 36.5 Å². The molecule has 172 valence electrons. The van der Waals surface area contributed by atoms with Gasteiger partial charge in [0.05, 0.1) is 19.7 Å². The summed E-state index contributed by atoms with van der Waals surface area (Å²) in [5, 5.41) is 0. The zero-order valence-electron chi connectivity index (χ0n) is 20.1. The molecule has 3 rings (SSSR count). The van der Waals surface area contributed by atoms with Gasteiger partial charge in [-0.15, -0.1) is 0 Å². The van der Waals surface area contributed by atoms with Crippen LogP contribution in [-0.4, -0.2) is 42.5 Å². The average Bonchev–Trinajstić information content (AvgIpc) is 2.75. The topological polar surface area (TPSA) is 43.4 Å². The molecule has 0 bridgehead atoms. The molecule has 0 spiro atoms. The Morgan fingerprint density at radius 1 is 1.03 bits per heavy atom. The molecule has 2 atom stereocenters. The lowest BCUT2D eigenvalue weighted by atomic mass is 9.93. The van der Waals surface area contributed by atoms with Gasteiger partial charge in [-0.2, -0.15) is 0 Å². The molecule has 0 N–H and O–H groups in total. The van der Waals surface area contributed by atoms with Crippen molar-refractivity contribution in [3.8, 4) is 0 Å². The molecule has 0 aliphatic carbocycles. The van der Waals surface area contributed by atoms with Crippen molar-refractivity contribution in [1.82, 2.24) is 0 Å². The molecule has 1 aliphatic rings. The van der Waals surface area contributed by atoms with Crippen LogP contribution >= 0.6 is 0 Å². The van der Waals surface area contributed by atoms with E-state index in [9.17, 15) is 9.59 Å². The molecule has 2 aromatic rings. The molecule has 0 aromatic heterocycles. The highest BCUT2D eigenvalue weighted by atomic mass is 16.5. The number of nitrogens with zero attached hydrogens (tertiary/aromatic N) is 1. The highest BCUT2D eigenvalue weighted by molar-refractivity contribution is 5.82. The van der Waals surface area contributed by atoms with E-state index in [4.69, 9.17) is 4.74 Å². The first-order chi connectivity index (χ1) is 15.3. The molecule has 0 saturated carbocycles. The minimum absolute atomic E-state index is 0.101. The Morgan fingerprint density at radius 3 is 2.38 bits per heavy atom. The zero-order chi connectivity index (χ0) is 23.1. The van der Waals surface area contributed by atoms with E-state index in [2.05, 4.69) is 52.0 Å². The van der Waals surface area contributed by atoms with Gasteiger partial charge in [-0.3, -0.25) is 9.59 Å². The molecule has 1 heterocycles. The molecule has 32 heavy (non-hydrogen) atoms. The van der Waals surface area contributed by atoms with Gasteiger partial charge in [-0.1, -0.05) is 62.4 Å². The van der Waals surface area contributed by atoms with Gasteiger partial charge in [0.25, 0.3) is 0 Å². The van der Waals surface area contributed by atoms with Crippen LogP contribution in [0, 0.1) is 25.7 Å². The number of Topliss-reactive ketones (excluding diaryl/α,β-unsaturated/α-hetero) is 1. The summed E-state index contributed by atoms with van der Waals surface area (Å²) >= 11 is 0. The maximum Gasteiger partial charge on any atom is 0.314 e. The van der Waals surface area contributed by atoms with Crippen molar-refractivity contribution < 1.29 is 18.8 Å². The summed E-state index contributed by atoms with van der Waals surface area (Å²) in [5.41, 5.74) is 4.69. The Kier molecular flexibility index (Phi) is 8.25. The summed E-state index contributed by atoms with van der Waals surface area (Å²) < 4.78 is 6.22. The number of piperidine rings is 1. The standard InChI is InChI=1S/C28H38NO3/c1-21(2)20-32-28(31)25-14-9-15-29(18-25,17-24-12-6-5-7-13-24)19-26(30)16-27-22(3)10-8-11-23(27)4/h5-8,10-13,21,25H,9,14-20H2,1-4H3/q+1. The molecule has 2 aromatic carbocycles. The molecular formula is C28H38NO3+. The van der Waals surface area contributed by atoms with Crippen LogP contribution in [0.2, 0.25) is 0 Å². The normalized spacial score (nSPS) is 20.8. The van der Waals surface area contributed by atoms with Crippen LogP contribution < -0.4 is 0 Å². The van der Waals surface area contributed by atoms with E-state index >= 15 is 0 Å². The smallest absolute Gasteiger partial charge is 0.314 e. The minimum Gasteiger partial charge on any atom is -0.465 e. The Labute approximate surface area is 193 Å². The maximum absolute atomic E-state index is 13.3. The summed E-state index contributed by atoms with van der Waals surface area (Å²) in [4.78, 5) is 26.1. The first-order valence-corrected chi connectivity index (χ1v) is 11.9. The number of ketones is 1. The SMILES string of the molecule is Cc1cccc(C)c1CC(=O)C[N+]1(Cc2ccccc2)CCCC(C(=O)OCC(C)C)C1. The number of likely N-dealkylation sites (tertiary alicyclic amines) is 1. The number of carbonyl (C=O) groups is 2. The van der Waals surface area contributed by atoms with Crippen LogP contribution in [0.3, 0.4) is 0 Å². The fraction of sp³-hybridized carbons (Fsp3) is 0.500. The predicted molar refractivity (Wildman–Crippen MR) is 128 cm³/mol. The van der Waals surface area contributed by atoms with Gasteiger partial charge in [0.1, 0.15) is 19.0 Å². The number of quaternary nitrogens is 1. The second-order valence-electron chi connectivity index (χ2n) is 10.00. The third-order valence-corrected chi connectivity index (χ3v) is 6.58. The molecule has 1 fully saturated rings. The molecule has 2 unspecified atom stereocenters.